The molecule has 0 bridgehead atoms. The Morgan fingerprint density at radius 1 is 1.34 bits per heavy atom. The SMILES string of the molecule is C=C/C=C\N(C)C(C)c1cc(NC2CCC(C)(F)CC2)nc(-c2nc(C)cs2)n1. The van der Waals surface area contributed by atoms with Crippen LogP contribution in [0.4, 0.5) is 10.2 Å². The fraction of sp³-hybridized carbons (Fsp3) is 0.500. The van der Waals surface area contributed by atoms with Crippen LogP contribution in [0.3, 0.4) is 0 Å². The topological polar surface area (TPSA) is 53.9 Å². The monoisotopic (exact) mass is 415 g/mol. The molecule has 1 aliphatic rings. The Kier molecular flexibility index (Phi) is 6.67. The average molecular weight is 416 g/mol. The summed E-state index contributed by atoms with van der Waals surface area (Å²) < 4.78 is 14.2. The number of allylic oxidation sites excluding steroid dienone is 2. The minimum absolute atomic E-state index is 0.0510. The van der Waals surface area contributed by atoms with Gasteiger partial charge in [-0.25, -0.2) is 19.3 Å². The van der Waals surface area contributed by atoms with Crippen molar-refractivity contribution in [3.05, 3.63) is 47.8 Å². The fourth-order valence-corrected chi connectivity index (χ4v) is 4.14. The van der Waals surface area contributed by atoms with Crippen LogP contribution in [0.25, 0.3) is 10.8 Å². The molecule has 0 spiro atoms. The third kappa shape index (κ3) is 5.63. The Labute approximate surface area is 176 Å². The molecule has 156 valence electrons. The number of hydrogen-bond acceptors (Lipinski definition) is 6. The van der Waals surface area contributed by atoms with Gasteiger partial charge in [-0.2, -0.15) is 0 Å². The summed E-state index contributed by atoms with van der Waals surface area (Å²) in [5, 5.41) is 6.33. The molecule has 0 amide bonds. The molecule has 1 atom stereocenters. The van der Waals surface area contributed by atoms with Gasteiger partial charge in [0, 0.05) is 30.2 Å². The highest BCUT2D eigenvalue weighted by atomic mass is 32.1. The molecule has 0 saturated heterocycles. The number of hydrogen-bond donors (Lipinski definition) is 1. The van der Waals surface area contributed by atoms with Crippen LogP contribution in [0.2, 0.25) is 0 Å². The van der Waals surface area contributed by atoms with Crippen LogP contribution in [-0.2, 0) is 0 Å². The summed E-state index contributed by atoms with van der Waals surface area (Å²) in [5.41, 5.74) is 0.822. The first kappa shape index (κ1) is 21.4. The lowest BCUT2D eigenvalue weighted by molar-refractivity contribution is 0.124. The van der Waals surface area contributed by atoms with E-state index in [0.29, 0.717) is 18.7 Å². The van der Waals surface area contributed by atoms with Crippen LogP contribution in [0, 0.1) is 6.92 Å². The van der Waals surface area contributed by atoms with E-state index < -0.39 is 5.67 Å². The number of rotatable bonds is 7. The van der Waals surface area contributed by atoms with Gasteiger partial charge < -0.3 is 10.2 Å². The highest BCUT2D eigenvalue weighted by molar-refractivity contribution is 7.13. The lowest BCUT2D eigenvalue weighted by Gasteiger charge is -2.32. The van der Waals surface area contributed by atoms with Crippen LogP contribution in [0.15, 0.2) is 36.4 Å². The molecule has 1 aliphatic carbocycles. The van der Waals surface area contributed by atoms with Crippen molar-refractivity contribution in [2.75, 3.05) is 12.4 Å². The maximum Gasteiger partial charge on any atom is 0.191 e. The quantitative estimate of drug-likeness (QED) is 0.589. The first-order valence-corrected chi connectivity index (χ1v) is 10.9. The number of aryl methyl sites for hydroxylation is 1. The second-order valence-electron chi connectivity index (χ2n) is 8.05. The molecule has 0 radical (unpaired) electrons. The molecule has 3 rings (SSSR count). The summed E-state index contributed by atoms with van der Waals surface area (Å²) in [6.07, 6.45) is 8.38. The molecular weight excluding hydrogens is 385 g/mol. The van der Waals surface area contributed by atoms with E-state index in [1.807, 2.05) is 37.7 Å². The van der Waals surface area contributed by atoms with Crippen LogP contribution in [0.5, 0.6) is 0 Å². The Morgan fingerprint density at radius 3 is 2.69 bits per heavy atom. The first-order chi connectivity index (χ1) is 13.8. The molecule has 5 nitrogen and oxygen atoms in total. The van der Waals surface area contributed by atoms with Crippen molar-refractivity contribution in [1.29, 1.82) is 0 Å². The Hall–Kier alpha value is -2.28. The smallest absolute Gasteiger partial charge is 0.191 e. The molecule has 0 aromatic carbocycles. The minimum atomic E-state index is -1.05. The van der Waals surface area contributed by atoms with Gasteiger partial charge in [0.05, 0.1) is 11.7 Å². The maximum absolute atomic E-state index is 14.2. The van der Waals surface area contributed by atoms with Crippen molar-refractivity contribution in [3.63, 3.8) is 0 Å². The van der Waals surface area contributed by atoms with E-state index in [1.54, 1.807) is 24.3 Å². The van der Waals surface area contributed by atoms with Crippen molar-refractivity contribution >= 4 is 17.2 Å². The Bertz CT molecular complexity index is 866. The highest BCUT2D eigenvalue weighted by Crippen LogP contribution is 2.33. The van der Waals surface area contributed by atoms with Gasteiger partial charge >= 0.3 is 0 Å². The van der Waals surface area contributed by atoms with Crippen molar-refractivity contribution in [2.24, 2.45) is 0 Å². The van der Waals surface area contributed by atoms with Crippen LogP contribution >= 0.6 is 11.3 Å². The molecular formula is C22H30FN5S. The number of anilines is 1. The molecule has 7 heteroatoms. The summed E-state index contributed by atoms with van der Waals surface area (Å²) in [7, 11) is 2.01. The third-order valence-corrected chi connectivity index (χ3v) is 6.39. The van der Waals surface area contributed by atoms with Gasteiger partial charge in [-0.05, 0) is 58.7 Å². The van der Waals surface area contributed by atoms with Gasteiger partial charge in [0.1, 0.15) is 11.5 Å². The van der Waals surface area contributed by atoms with Crippen molar-refractivity contribution < 1.29 is 4.39 Å². The largest absolute Gasteiger partial charge is 0.372 e. The number of thiazole rings is 1. The van der Waals surface area contributed by atoms with E-state index in [9.17, 15) is 4.39 Å². The van der Waals surface area contributed by atoms with E-state index in [2.05, 4.69) is 28.7 Å². The number of nitrogens with one attached hydrogen (secondary N) is 1. The molecule has 0 aliphatic heterocycles. The zero-order valence-electron chi connectivity index (χ0n) is 17.7. The second-order valence-corrected chi connectivity index (χ2v) is 8.90. The summed E-state index contributed by atoms with van der Waals surface area (Å²) >= 11 is 1.55. The summed E-state index contributed by atoms with van der Waals surface area (Å²) in [4.78, 5) is 16.2. The first-order valence-electron chi connectivity index (χ1n) is 10.1. The van der Waals surface area contributed by atoms with Crippen LogP contribution in [0.1, 0.15) is 57.0 Å². The van der Waals surface area contributed by atoms with E-state index in [0.717, 1.165) is 35.1 Å². The van der Waals surface area contributed by atoms with Crippen molar-refractivity contribution in [1.82, 2.24) is 19.9 Å². The lowest BCUT2D eigenvalue weighted by atomic mass is 9.85. The Balaban J connectivity index is 1.88. The van der Waals surface area contributed by atoms with Crippen molar-refractivity contribution in [2.45, 2.75) is 64.2 Å². The summed E-state index contributed by atoms with van der Waals surface area (Å²) in [6, 6.07) is 2.27. The minimum Gasteiger partial charge on any atom is -0.372 e. The molecule has 1 saturated carbocycles. The molecule has 1 N–H and O–H groups in total. The van der Waals surface area contributed by atoms with Crippen LogP contribution in [-0.4, -0.2) is 38.6 Å². The van der Waals surface area contributed by atoms with Gasteiger partial charge in [0.2, 0.25) is 0 Å². The molecule has 1 unspecified atom stereocenters. The predicted octanol–water partition coefficient (Wildman–Crippen LogP) is 5.68. The maximum atomic E-state index is 14.2. The summed E-state index contributed by atoms with van der Waals surface area (Å²) in [6.45, 7) is 9.50. The average Bonchev–Trinajstić information content (AvgIpc) is 3.13. The summed E-state index contributed by atoms with van der Waals surface area (Å²) in [5.74, 6) is 1.40. The van der Waals surface area contributed by atoms with E-state index >= 15 is 0 Å². The second kappa shape index (κ2) is 9.03. The van der Waals surface area contributed by atoms with Crippen molar-refractivity contribution in [3.8, 4) is 10.8 Å². The number of alkyl halides is 1. The zero-order valence-corrected chi connectivity index (χ0v) is 18.5. The standard InChI is InChI=1S/C22H30FN5S/c1-6-7-12-28(5)16(3)18-13-19(25-17-8-10-22(4,23)11-9-17)27-20(26-18)21-24-15(2)14-29-21/h6-7,12-14,16-17H,1,8-11H2,2-5H3,(H,25,26,27)/b12-7-. The fourth-order valence-electron chi connectivity index (χ4n) is 3.41. The normalized spacial score (nSPS) is 23.1. The van der Waals surface area contributed by atoms with E-state index in [1.165, 1.54) is 0 Å². The zero-order chi connectivity index (χ0) is 21.0. The number of nitrogens with zero attached hydrogens (tertiary/aromatic N) is 4. The third-order valence-electron chi connectivity index (χ3n) is 5.43. The van der Waals surface area contributed by atoms with Gasteiger partial charge in [-0.1, -0.05) is 12.7 Å². The van der Waals surface area contributed by atoms with Gasteiger partial charge in [0.15, 0.2) is 10.8 Å². The number of halogens is 1. The number of aromatic nitrogens is 3. The molecule has 2 aromatic rings. The Morgan fingerprint density at radius 2 is 2.07 bits per heavy atom. The molecule has 29 heavy (non-hydrogen) atoms. The van der Waals surface area contributed by atoms with Gasteiger partial charge in [-0.3, -0.25) is 0 Å². The molecule has 2 aromatic heterocycles. The lowest BCUT2D eigenvalue weighted by Crippen LogP contribution is -2.33. The van der Waals surface area contributed by atoms with Gasteiger partial charge in [0.25, 0.3) is 0 Å². The van der Waals surface area contributed by atoms with E-state index in [-0.39, 0.29) is 12.1 Å². The van der Waals surface area contributed by atoms with Gasteiger partial charge in [-0.15, -0.1) is 11.3 Å². The van der Waals surface area contributed by atoms with Crippen LogP contribution < -0.4 is 5.32 Å². The van der Waals surface area contributed by atoms with E-state index in [4.69, 9.17) is 9.97 Å². The predicted molar refractivity (Wildman–Crippen MR) is 119 cm³/mol. The highest BCUT2D eigenvalue weighted by Gasteiger charge is 2.31. The molecule has 2 heterocycles. The molecule has 1 fully saturated rings.